The second-order valence-corrected chi connectivity index (χ2v) is 14.5. The number of aryl methyl sites for hydroxylation is 1. The molecule has 57 heavy (non-hydrogen) atoms. The zero-order valence-corrected chi connectivity index (χ0v) is 31.3. The number of nitrogens with zero attached hydrogens (tertiary/aromatic N) is 8. The molecule has 5 aromatic rings. The van der Waals surface area contributed by atoms with Crippen molar-refractivity contribution in [3.63, 3.8) is 0 Å². The number of aliphatic hydroxyl groups is 6. The number of hydrogen-bond acceptors (Lipinski definition) is 18. The third-order valence-corrected chi connectivity index (χ3v) is 10.7. The first-order valence-electron chi connectivity index (χ1n) is 19.2. The lowest BCUT2D eigenvalue weighted by atomic mass is 9.87. The minimum atomic E-state index is -1.75. The molecule has 3 aliphatic rings. The van der Waals surface area contributed by atoms with E-state index in [-0.39, 0.29) is 17.6 Å². The molecule has 3 fully saturated rings. The molecule has 6 heterocycles. The van der Waals surface area contributed by atoms with E-state index in [1.807, 2.05) is 18.2 Å². The molecule has 308 valence electrons. The van der Waals surface area contributed by atoms with E-state index in [2.05, 4.69) is 42.0 Å². The van der Waals surface area contributed by atoms with Crippen LogP contribution in [-0.2, 0) is 26.5 Å². The monoisotopic (exact) mass is 794 g/mol. The minimum absolute atomic E-state index is 0.0940. The van der Waals surface area contributed by atoms with E-state index < -0.39 is 62.0 Å². The van der Waals surface area contributed by atoms with Crippen LogP contribution in [0.5, 0.6) is 6.01 Å². The fourth-order valence-electron chi connectivity index (χ4n) is 7.60. The molecular formula is C37H50N10O10. The highest BCUT2D eigenvalue weighted by atomic mass is 16.7. The lowest BCUT2D eigenvalue weighted by molar-refractivity contribution is -0.315. The van der Waals surface area contributed by atoms with E-state index >= 15 is 0 Å². The van der Waals surface area contributed by atoms with Crippen LogP contribution < -0.4 is 16.2 Å². The maximum absolute atomic E-state index is 10.8. The van der Waals surface area contributed by atoms with Gasteiger partial charge in [-0.3, -0.25) is 9.13 Å². The largest absolute Gasteiger partial charge is 0.463 e. The van der Waals surface area contributed by atoms with Gasteiger partial charge in [0.05, 0.1) is 32.8 Å². The Labute approximate surface area is 327 Å². The topological polar surface area (TPSA) is 298 Å². The molecule has 2 saturated heterocycles. The van der Waals surface area contributed by atoms with Gasteiger partial charge in [-0.15, -0.1) is 0 Å². The molecule has 0 radical (unpaired) electrons. The van der Waals surface area contributed by atoms with Gasteiger partial charge in [-0.1, -0.05) is 62.4 Å². The van der Waals surface area contributed by atoms with Crippen LogP contribution in [0.2, 0.25) is 0 Å². The maximum Gasteiger partial charge on any atom is 0.320 e. The molecule has 1 saturated carbocycles. The second kappa shape index (κ2) is 17.9. The van der Waals surface area contributed by atoms with E-state index in [0.717, 1.165) is 19.3 Å². The van der Waals surface area contributed by atoms with E-state index in [0.29, 0.717) is 41.5 Å². The number of fused-ring (bicyclic) bond motifs is 2. The second-order valence-electron chi connectivity index (χ2n) is 14.5. The summed E-state index contributed by atoms with van der Waals surface area (Å²) in [6.07, 6.45) is 4.48. The van der Waals surface area contributed by atoms with Gasteiger partial charge in [-0.25, -0.2) is 19.9 Å². The summed E-state index contributed by atoms with van der Waals surface area (Å²) in [5.74, 6) is -0.858. The van der Waals surface area contributed by atoms with Gasteiger partial charge in [0, 0.05) is 0 Å². The Bertz CT molecular complexity index is 2070. The Morgan fingerprint density at radius 2 is 1.53 bits per heavy atom. The van der Waals surface area contributed by atoms with Crippen molar-refractivity contribution >= 4 is 34.0 Å². The van der Waals surface area contributed by atoms with Crippen molar-refractivity contribution in [1.29, 1.82) is 0 Å². The van der Waals surface area contributed by atoms with E-state index in [9.17, 15) is 30.6 Å². The number of aliphatic hydroxyl groups excluding tert-OH is 6. The Hall–Kier alpha value is -4.64. The van der Waals surface area contributed by atoms with Crippen LogP contribution in [0, 0.1) is 5.92 Å². The summed E-state index contributed by atoms with van der Waals surface area (Å²) in [6, 6.07) is 10.2. The fourth-order valence-corrected chi connectivity index (χ4v) is 7.60. The van der Waals surface area contributed by atoms with Gasteiger partial charge in [0.1, 0.15) is 48.7 Å². The average Bonchev–Trinajstić information content (AvgIpc) is 3.99. The molecule has 0 bridgehead atoms. The van der Waals surface area contributed by atoms with Crippen LogP contribution in [0.1, 0.15) is 56.7 Å². The zero-order chi connectivity index (χ0) is 40.1. The minimum Gasteiger partial charge on any atom is -0.463 e. The number of imidazole rings is 2. The molecule has 0 amide bonds. The molecule has 1 aliphatic carbocycles. The van der Waals surface area contributed by atoms with Gasteiger partial charge in [-0.05, 0) is 30.7 Å². The number of rotatable bonds is 13. The van der Waals surface area contributed by atoms with Crippen molar-refractivity contribution in [2.24, 2.45) is 5.92 Å². The maximum atomic E-state index is 10.8. The molecule has 20 heteroatoms. The first-order chi connectivity index (χ1) is 27.6. The Balaban J connectivity index is 0.000000174. The molecule has 0 unspecified atom stereocenters. The number of aromatic nitrogens is 8. The molecule has 8 rings (SSSR count). The van der Waals surface area contributed by atoms with Crippen LogP contribution in [0.4, 0.5) is 11.6 Å². The third-order valence-electron chi connectivity index (χ3n) is 10.7. The molecular weight excluding hydrogens is 744 g/mol. The highest BCUT2D eigenvalue weighted by Crippen LogP contribution is 2.40. The number of nitrogens with two attached hydrogens (primary N) is 2. The van der Waals surface area contributed by atoms with Crippen molar-refractivity contribution in [1.82, 2.24) is 39.0 Å². The van der Waals surface area contributed by atoms with Crippen molar-refractivity contribution in [3.8, 4) is 6.01 Å². The lowest BCUT2D eigenvalue weighted by Gasteiger charge is -2.34. The molecule has 8 atom stereocenters. The molecule has 1 aromatic carbocycles. The predicted octanol–water partition coefficient (Wildman–Crippen LogP) is 0.150. The van der Waals surface area contributed by atoms with Crippen molar-refractivity contribution < 1.29 is 49.6 Å². The Kier molecular flexibility index (Phi) is 12.7. The number of hydrogen-bond donors (Lipinski definition) is 8. The van der Waals surface area contributed by atoms with E-state index in [1.54, 1.807) is 0 Å². The molecule has 20 nitrogen and oxygen atoms in total. The van der Waals surface area contributed by atoms with Crippen LogP contribution in [-0.4, -0.2) is 133 Å². The summed E-state index contributed by atoms with van der Waals surface area (Å²) in [7, 11) is 0. The van der Waals surface area contributed by atoms with Crippen LogP contribution in [0.3, 0.4) is 0 Å². The van der Waals surface area contributed by atoms with E-state index in [1.165, 1.54) is 65.8 Å². The Morgan fingerprint density at radius 3 is 2.25 bits per heavy atom. The quantitative estimate of drug-likeness (QED) is 0.0736. The van der Waals surface area contributed by atoms with Crippen LogP contribution in [0.25, 0.3) is 22.3 Å². The summed E-state index contributed by atoms with van der Waals surface area (Å²) in [5, 5.41) is 60.3. The fraction of sp³-hybridized carbons (Fsp3) is 0.568. The van der Waals surface area contributed by atoms with Crippen molar-refractivity contribution in [3.05, 3.63) is 54.9 Å². The first-order valence-corrected chi connectivity index (χ1v) is 19.2. The highest BCUT2D eigenvalue weighted by Gasteiger charge is 2.57. The first kappa shape index (κ1) is 40.6. The van der Waals surface area contributed by atoms with Gasteiger partial charge in [0.25, 0.3) is 5.91 Å². The molecule has 4 aromatic heterocycles. The summed E-state index contributed by atoms with van der Waals surface area (Å²) in [5.41, 5.74) is 14.4. The van der Waals surface area contributed by atoms with Gasteiger partial charge < -0.3 is 61.1 Å². The van der Waals surface area contributed by atoms with Crippen LogP contribution >= 0.6 is 0 Å². The van der Waals surface area contributed by atoms with Crippen molar-refractivity contribution in [2.75, 3.05) is 37.9 Å². The summed E-state index contributed by atoms with van der Waals surface area (Å²) in [4.78, 5) is 25.0. The number of ether oxygens (including phenoxy) is 4. The number of anilines is 2. The summed E-state index contributed by atoms with van der Waals surface area (Å²) in [6.45, 7) is -0.154. The highest BCUT2D eigenvalue weighted by molar-refractivity contribution is 5.82. The lowest BCUT2D eigenvalue weighted by Crippen LogP contribution is -2.48. The van der Waals surface area contributed by atoms with Crippen molar-refractivity contribution in [2.45, 2.75) is 100 Å². The SMILES string of the molecule is Nc1nc(OCCCc2ccccc2)nc2c1ncn2[C@@H]1O[C@H](CO)[C@@H](O)[C@H]1O.Nc1ncnc2c1ncn2[C@]1(OCCC2CCCCC2)O[C@H](CO)[C@@H](O)[C@H]1O. The molecule has 2 aliphatic heterocycles. The van der Waals surface area contributed by atoms with Crippen LogP contribution in [0.15, 0.2) is 49.3 Å². The average molecular weight is 795 g/mol. The summed E-state index contributed by atoms with van der Waals surface area (Å²) < 4.78 is 26.0. The third kappa shape index (κ3) is 8.36. The Morgan fingerprint density at radius 1 is 0.789 bits per heavy atom. The van der Waals surface area contributed by atoms with Gasteiger partial charge in [0.2, 0.25) is 0 Å². The van der Waals surface area contributed by atoms with Gasteiger partial charge in [0.15, 0.2) is 40.8 Å². The van der Waals surface area contributed by atoms with Gasteiger partial charge >= 0.3 is 6.01 Å². The molecule has 0 spiro atoms. The zero-order valence-electron chi connectivity index (χ0n) is 31.3. The summed E-state index contributed by atoms with van der Waals surface area (Å²) >= 11 is 0. The smallest absolute Gasteiger partial charge is 0.320 e. The molecule has 10 N–H and O–H groups in total. The number of nitrogen functional groups attached to an aromatic ring is 2. The van der Waals surface area contributed by atoms with Gasteiger partial charge in [-0.2, -0.15) is 9.97 Å². The number of benzene rings is 1. The van der Waals surface area contributed by atoms with E-state index in [4.69, 9.17) is 30.4 Å². The standard InChI is InChI=1S/C19H23N5O5.C18H27N5O5/c20-16-13-17(24(10-21-13)18-15(27)14(26)12(9-25)29-18)23-19(22-16)28-8-4-7-11-5-2-1-3-6-11;19-16-13-17(21-9-20-16)23(10-22-13)18(15(26)14(25)12(8-24)28-18)27-7-6-11-4-2-1-3-5-11/h1-3,5-6,10,12,14-15,18,25-27H,4,7-9H2,(H2,20,22,23);9-12,14-15,24-26H,1-8H2,(H2,19,20,21)/t2*12-,14-,15-,18-/m11/s1. The normalized spacial score (nSPS) is 27.9. The predicted molar refractivity (Wildman–Crippen MR) is 202 cm³/mol.